The Labute approximate surface area is 245 Å². The highest BCUT2D eigenvalue weighted by molar-refractivity contribution is 5.96. The van der Waals surface area contributed by atoms with E-state index in [0.717, 1.165) is 33.6 Å². The van der Waals surface area contributed by atoms with E-state index in [2.05, 4.69) is 5.32 Å². The lowest BCUT2D eigenvalue weighted by Gasteiger charge is -2.26. The summed E-state index contributed by atoms with van der Waals surface area (Å²) in [7, 11) is 1.35. The second-order valence-corrected chi connectivity index (χ2v) is 10.2. The van der Waals surface area contributed by atoms with Gasteiger partial charge in [0.25, 0.3) is 5.91 Å². The van der Waals surface area contributed by atoms with Gasteiger partial charge in [-0.05, 0) is 58.7 Å². The molecule has 0 radical (unpaired) electrons. The number of fused-ring (bicyclic) bond motifs is 1. The zero-order valence-corrected chi connectivity index (χ0v) is 23.4. The summed E-state index contributed by atoms with van der Waals surface area (Å²) in [5.74, 6) is 0.769. The van der Waals surface area contributed by atoms with Crippen LogP contribution in [0.25, 0.3) is 11.1 Å². The van der Waals surface area contributed by atoms with Gasteiger partial charge in [-0.25, -0.2) is 0 Å². The number of amides is 1. The first-order valence-corrected chi connectivity index (χ1v) is 13.9. The minimum absolute atomic E-state index is 0.0881. The molecule has 0 aromatic heterocycles. The Balaban J connectivity index is 1.46. The number of para-hydroxylation sites is 2. The van der Waals surface area contributed by atoms with Gasteiger partial charge < -0.3 is 30.4 Å². The Morgan fingerprint density at radius 1 is 1.00 bits per heavy atom. The monoisotopic (exact) mass is 566 g/mol. The fraction of sp³-hybridized carbons (Fsp3) is 0.235. The minimum Gasteiger partial charge on any atom is -0.493 e. The second kappa shape index (κ2) is 13.3. The molecule has 1 amide bonds. The second-order valence-electron chi connectivity index (χ2n) is 10.2. The number of esters is 1. The van der Waals surface area contributed by atoms with Crippen molar-refractivity contribution in [3.63, 3.8) is 0 Å². The molecule has 0 saturated heterocycles. The van der Waals surface area contributed by atoms with E-state index in [-0.39, 0.29) is 37.6 Å². The number of rotatable bonds is 10. The van der Waals surface area contributed by atoms with E-state index in [4.69, 9.17) is 19.9 Å². The van der Waals surface area contributed by atoms with Crippen molar-refractivity contribution < 1.29 is 28.9 Å². The number of ether oxygens (including phenoxy) is 3. The van der Waals surface area contributed by atoms with E-state index >= 15 is 0 Å². The topological polar surface area (TPSA) is 120 Å². The summed E-state index contributed by atoms with van der Waals surface area (Å²) in [6.45, 7) is 0.509. The maximum absolute atomic E-state index is 13.7. The van der Waals surface area contributed by atoms with Crippen LogP contribution in [0.2, 0.25) is 0 Å². The van der Waals surface area contributed by atoms with Crippen molar-refractivity contribution in [2.45, 2.75) is 31.5 Å². The molecule has 8 nitrogen and oxygen atoms in total. The summed E-state index contributed by atoms with van der Waals surface area (Å²) < 4.78 is 16.8. The van der Waals surface area contributed by atoms with Crippen LogP contribution >= 0.6 is 0 Å². The van der Waals surface area contributed by atoms with Gasteiger partial charge in [-0.3, -0.25) is 9.59 Å². The van der Waals surface area contributed by atoms with Crippen LogP contribution in [0, 0.1) is 0 Å². The number of methoxy groups -OCH3 is 1. The van der Waals surface area contributed by atoms with Gasteiger partial charge in [-0.1, -0.05) is 54.6 Å². The van der Waals surface area contributed by atoms with E-state index in [9.17, 15) is 14.7 Å². The van der Waals surface area contributed by atoms with Gasteiger partial charge in [0.2, 0.25) is 0 Å². The normalized spacial score (nSPS) is 14.7. The molecular formula is C34H34N2O6. The third kappa shape index (κ3) is 6.79. The summed E-state index contributed by atoms with van der Waals surface area (Å²) in [4.78, 5) is 25.6. The van der Waals surface area contributed by atoms with E-state index < -0.39 is 6.04 Å². The highest BCUT2D eigenvalue weighted by Gasteiger charge is 2.24. The number of hydrogen-bond donors (Lipinski definition) is 3. The SMILES string of the molecule is COC(=O)Cc1ccccc1OCc1cc(C(=O)NC2CCOc3ccccc32)cc(-c2cccc(C(N)CO)c2)c1. The summed E-state index contributed by atoms with van der Waals surface area (Å²) in [5, 5.41) is 12.8. The van der Waals surface area contributed by atoms with Crippen molar-refractivity contribution in [2.75, 3.05) is 20.3 Å². The van der Waals surface area contributed by atoms with Crippen molar-refractivity contribution >= 4 is 11.9 Å². The fourth-order valence-corrected chi connectivity index (χ4v) is 5.04. The van der Waals surface area contributed by atoms with Crippen LogP contribution in [0.15, 0.2) is 91.0 Å². The lowest BCUT2D eigenvalue weighted by molar-refractivity contribution is -0.139. The quantitative estimate of drug-likeness (QED) is 0.234. The average molecular weight is 567 g/mol. The number of nitrogens with one attached hydrogen (secondary N) is 1. The van der Waals surface area contributed by atoms with Crippen LogP contribution in [0.4, 0.5) is 0 Å². The first-order valence-electron chi connectivity index (χ1n) is 13.9. The first-order chi connectivity index (χ1) is 20.4. The Hall–Kier alpha value is -4.66. The van der Waals surface area contributed by atoms with E-state index in [1.165, 1.54) is 7.11 Å². The Morgan fingerprint density at radius 3 is 2.64 bits per heavy atom. The van der Waals surface area contributed by atoms with Crippen LogP contribution < -0.4 is 20.5 Å². The van der Waals surface area contributed by atoms with Gasteiger partial charge in [-0.2, -0.15) is 0 Å². The molecule has 42 heavy (non-hydrogen) atoms. The summed E-state index contributed by atoms with van der Waals surface area (Å²) in [5.41, 5.74) is 11.5. The zero-order chi connectivity index (χ0) is 29.5. The Bertz CT molecular complexity index is 1570. The molecule has 2 unspecified atom stereocenters. The summed E-state index contributed by atoms with van der Waals surface area (Å²) >= 11 is 0. The molecule has 4 aromatic rings. The average Bonchev–Trinajstić information content (AvgIpc) is 3.04. The molecule has 5 rings (SSSR count). The number of carbonyl (C=O) groups is 2. The number of aliphatic hydroxyl groups is 1. The molecule has 0 bridgehead atoms. The predicted octanol–water partition coefficient (Wildman–Crippen LogP) is 4.89. The summed E-state index contributed by atoms with van der Waals surface area (Å²) in [6, 6.07) is 27.6. The smallest absolute Gasteiger partial charge is 0.310 e. The van der Waals surface area contributed by atoms with Crippen molar-refractivity contribution in [3.8, 4) is 22.6 Å². The van der Waals surface area contributed by atoms with E-state index in [1.54, 1.807) is 6.07 Å². The third-order valence-corrected chi connectivity index (χ3v) is 7.29. The fourth-order valence-electron chi connectivity index (χ4n) is 5.04. The number of benzene rings is 4. The Kier molecular flexibility index (Phi) is 9.16. The van der Waals surface area contributed by atoms with Gasteiger partial charge in [0.05, 0.1) is 38.8 Å². The van der Waals surface area contributed by atoms with Gasteiger partial charge in [0, 0.05) is 23.1 Å². The van der Waals surface area contributed by atoms with E-state index in [0.29, 0.717) is 29.9 Å². The molecule has 4 aromatic carbocycles. The van der Waals surface area contributed by atoms with Crippen LogP contribution in [0.3, 0.4) is 0 Å². The van der Waals surface area contributed by atoms with Crippen LogP contribution in [-0.4, -0.2) is 37.3 Å². The standard InChI is InChI=1S/C34H34N2O6/c1-40-33(38)19-25-7-2-4-11-31(25)42-21-22-15-26(23-8-6-9-24(17-23)29(35)20-37)18-27(16-22)34(39)36-30-13-14-41-32-12-5-3-10-28(30)32/h2-12,15-18,29-30,37H,13-14,19-21,35H2,1H3,(H,36,39). The molecule has 1 aliphatic heterocycles. The maximum Gasteiger partial charge on any atom is 0.310 e. The van der Waals surface area contributed by atoms with Crippen molar-refractivity contribution in [2.24, 2.45) is 5.73 Å². The van der Waals surface area contributed by atoms with Gasteiger partial charge >= 0.3 is 5.97 Å². The molecule has 216 valence electrons. The van der Waals surface area contributed by atoms with Gasteiger partial charge in [0.1, 0.15) is 18.1 Å². The largest absolute Gasteiger partial charge is 0.493 e. The molecule has 2 atom stereocenters. The molecule has 0 fully saturated rings. The van der Waals surface area contributed by atoms with Crippen molar-refractivity contribution in [1.82, 2.24) is 5.32 Å². The number of nitrogens with two attached hydrogens (primary N) is 1. The first kappa shape index (κ1) is 28.9. The predicted molar refractivity (Wildman–Crippen MR) is 159 cm³/mol. The Morgan fingerprint density at radius 2 is 1.81 bits per heavy atom. The number of carbonyl (C=O) groups excluding carboxylic acids is 2. The number of hydrogen-bond acceptors (Lipinski definition) is 7. The van der Waals surface area contributed by atoms with Crippen molar-refractivity contribution in [1.29, 1.82) is 0 Å². The van der Waals surface area contributed by atoms with Gasteiger partial charge in [0.15, 0.2) is 0 Å². The molecule has 1 heterocycles. The lowest BCUT2D eigenvalue weighted by Crippen LogP contribution is -2.32. The lowest BCUT2D eigenvalue weighted by atomic mass is 9.96. The van der Waals surface area contributed by atoms with Crippen molar-refractivity contribution in [3.05, 3.63) is 119 Å². The summed E-state index contributed by atoms with van der Waals surface area (Å²) in [6.07, 6.45) is 0.751. The molecule has 1 aliphatic rings. The maximum atomic E-state index is 13.7. The van der Waals surface area contributed by atoms with Crippen LogP contribution in [0.5, 0.6) is 11.5 Å². The van der Waals surface area contributed by atoms with Crippen LogP contribution in [0.1, 0.15) is 51.1 Å². The highest BCUT2D eigenvalue weighted by Crippen LogP contribution is 2.32. The van der Waals surface area contributed by atoms with Crippen LogP contribution in [-0.2, 0) is 22.6 Å². The molecule has 4 N–H and O–H groups in total. The molecule has 0 spiro atoms. The molecule has 8 heteroatoms. The molecule has 0 saturated carbocycles. The minimum atomic E-state index is -0.515. The van der Waals surface area contributed by atoms with Gasteiger partial charge in [-0.15, -0.1) is 0 Å². The third-order valence-electron chi connectivity index (χ3n) is 7.29. The zero-order valence-electron chi connectivity index (χ0n) is 23.4. The highest BCUT2D eigenvalue weighted by atomic mass is 16.5. The number of aliphatic hydroxyl groups excluding tert-OH is 1. The van der Waals surface area contributed by atoms with E-state index in [1.807, 2.05) is 84.9 Å². The molecular weight excluding hydrogens is 532 g/mol. The molecule has 0 aliphatic carbocycles.